The zero-order valence-corrected chi connectivity index (χ0v) is 13.3. The fourth-order valence-corrected chi connectivity index (χ4v) is 2.48. The number of benzene rings is 2. The van der Waals surface area contributed by atoms with Crippen molar-refractivity contribution in [3.8, 4) is 5.75 Å². The van der Waals surface area contributed by atoms with Gasteiger partial charge in [0.1, 0.15) is 11.6 Å². The van der Waals surface area contributed by atoms with Crippen LogP contribution in [0.3, 0.4) is 0 Å². The van der Waals surface area contributed by atoms with Gasteiger partial charge in [-0.2, -0.15) is 0 Å². The second kappa shape index (κ2) is 6.38. The molecule has 0 unspecified atom stereocenters. The number of aromatic nitrogens is 2. The first kappa shape index (κ1) is 14.9. The molecule has 0 radical (unpaired) electrons. The molecule has 0 aliphatic carbocycles. The van der Waals surface area contributed by atoms with Crippen LogP contribution < -0.4 is 10.1 Å². The SMILES string of the molecule is COc1ccc(CNc2nc(Cl)nc3ccc(Cl)cc23)cc1. The van der Waals surface area contributed by atoms with E-state index in [2.05, 4.69) is 15.3 Å². The van der Waals surface area contributed by atoms with Crippen molar-refractivity contribution < 1.29 is 4.74 Å². The number of nitrogens with zero attached hydrogens (tertiary/aromatic N) is 2. The van der Waals surface area contributed by atoms with Crippen molar-refractivity contribution in [2.24, 2.45) is 0 Å². The van der Waals surface area contributed by atoms with Gasteiger partial charge in [-0.05, 0) is 47.5 Å². The van der Waals surface area contributed by atoms with E-state index in [1.165, 1.54) is 0 Å². The van der Waals surface area contributed by atoms with Crippen LogP contribution in [-0.4, -0.2) is 17.1 Å². The summed E-state index contributed by atoms with van der Waals surface area (Å²) in [5, 5.41) is 4.94. The van der Waals surface area contributed by atoms with Crippen molar-refractivity contribution >= 4 is 39.9 Å². The molecule has 0 saturated heterocycles. The Morgan fingerprint density at radius 1 is 1.05 bits per heavy atom. The maximum Gasteiger partial charge on any atom is 0.224 e. The highest BCUT2D eigenvalue weighted by Gasteiger charge is 2.07. The fraction of sp³-hybridized carbons (Fsp3) is 0.125. The summed E-state index contributed by atoms with van der Waals surface area (Å²) in [4.78, 5) is 8.45. The lowest BCUT2D eigenvalue weighted by Crippen LogP contribution is -2.03. The Kier molecular flexibility index (Phi) is 4.32. The summed E-state index contributed by atoms with van der Waals surface area (Å²) in [6.07, 6.45) is 0. The largest absolute Gasteiger partial charge is 0.497 e. The summed E-state index contributed by atoms with van der Waals surface area (Å²) in [5.41, 5.74) is 1.85. The average Bonchev–Trinajstić information content (AvgIpc) is 2.53. The maximum atomic E-state index is 6.05. The molecule has 4 nitrogen and oxygen atoms in total. The molecule has 3 rings (SSSR count). The van der Waals surface area contributed by atoms with E-state index < -0.39 is 0 Å². The van der Waals surface area contributed by atoms with Crippen LogP contribution in [0, 0.1) is 0 Å². The summed E-state index contributed by atoms with van der Waals surface area (Å²) in [5.74, 6) is 1.49. The Morgan fingerprint density at radius 2 is 1.82 bits per heavy atom. The number of nitrogens with one attached hydrogen (secondary N) is 1. The van der Waals surface area contributed by atoms with E-state index in [9.17, 15) is 0 Å². The van der Waals surface area contributed by atoms with E-state index in [4.69, 9.17) is 27.9 Å². The molecule has 1 aromatic heterocycles. The smallest absolute Gasteiger partial charge is 0.224 e. The zero-order valence-electron chi connectivity index (χ0n) is 11.8. The molecular weight excluding hydrogens is 321 g/mol. The van der Waals surface area contributed by atoms with Gasteiger partial charge in [-0.1, -0.05) is 23.7 Å². The van der Waals surface area contributed by atoms with Crippen molar-refractivity contribution in [3.63, 3.8) is 0 Å². The van der Waals surface area contributed by atoms with E-state index in [1.807, 2.05) is 36.4 Å². The highest BCUT2D eigenvalue weighted by Crippen LogP contribution is 2.25. The van der Waals surface area contributed by atoms with Gasteiger partial charge in [0.05, 0.1) is 12.6 Å². The third kappa shape index (κ3) is 3.24. The lowest BCUT2D eigenvalue weighted by Gasteiger charge is -2.10. The van der Waals surface area contributed by atoms with E-state index in [1.54, 1.807) is 13.2 Å². The summed E-state index contributed by atoms with van der Waals surface area (Å²) in [7, 11) is 1.64. The Balaban J connectivity index is 1.87. The molecule has 1 N–H and O–H groups in total. The second-order valence-electron chi connectivity index (χ2n) is 4.70. The predicted octanol–water partition coefficient (Wildman–Crippen LogP) is 4.56. The zero-order chi connectivity index (χ0) is 15.5. The van der Waals surface area contributed by atoms with Gasteiger partial charge in [-0.15, -0.1) is 0 Å². The molecule has 0 amide bonds. The van der Waals surface area contributed by atoms with Crippen molar-refractivity contribution in [2.45, 2.75) is 6.54 Å². The first-order valence-electron chi connectivity index (χ1n) is 6.65. The second-order valence-corrected chi connectivity index (χ2v) is 5.48. The molecule has 0 atom stereocenters. The lowest BCUT2D eigenvalue weighted by atomic mass is 10.2. The fourth-order valence-electron chi connectivity index (χ4n) is 2.14. The topological polar surface area (TPSA) is 47.0 Å². The summed E-state index contributed by atoms with van der Waals surface area (Å²) in [6, 6.07) is 13.2. The predicted molar refractivity (Wildman–Crippen MR) is 89.9 cm³/mol. The molecule has 2 aromatic carbocycles. The van der Waals surface area contributed by atoms with Crippen LogP contribution >= 0.6 is 23.2 Å². The number of ether oxygens (including phenoxy) is 1. The molecule has 3 aromatic rings. The molecule has 0 aliphatic heterocycles. The van der Waals surface area contributed by atoms with Crippen molar-refractivity contribution in [2.75, 3.05) is 12.4 Å². The van der Waals surface area contributed by atoms with Crippen LogP contribution in [0.25, 0.3) is 10.9 Å². The molecule has 112 valence electrons. The van der Waals surface area contributed by atoms with Gasteiger partial charge in [-0.3, -0.25) is 0 Å². The van der Waals surface area contributed by atoms with Gasteiger partial charge in [0.15, 0.2) is 0 Å². The first-order chi connectivity index (χ1) is 10.7. The van der Waals surface area contributed by atoms with Crippen LogP contribution in [0.4, 0.5) is 5.82 Å². The number of rotatable bonds is 4. The number of methoxy groups -OCH3 is 1. The highest BCUT2D eigenvalue weighted by molar-refractivity contribution is 6.31. The normalized spacial score (nSPS) is 10.7. The van der Waals surface area contributed by atoms with Gasteiger partial charge in [0, 0.05) is 17.0 Å². The minimum atomic E-state index is 0.201. The molecule has 0 fully saturated rings. The third-order valence-electron chi connectivity index (χ3n) is 3.25. The minimum Gasteiger partial charge on any atom is -0.497 e. The Morgan fingerprint density at radius 3 is 2.55 bits per heavy atom. The van der Waals surface area contributed by atoms with E-state index in [0.717, 1.165) is 22.2 Å². The van der Waals surface area contributed by atoms with Gasteiger partial charge in [-0.25, -0.2) is 9.97 Å². The highest BCUT2D eigenvalue weighted by atomic mass is 35.5. The number of hydrogen-bond acceptors (Lipinski definition) is 4. The first-order valence-corrected chi connectivity index (χ1v) is 7.41. The summed E-state index contributed by atoms with van der Waals surface area (Å²) in [6.45, 7) is 0.610. The molecule has 0 saturated carbocycles. The number of anilines is 1. The van der Waals surface area contributed by atoms with E-state index in [0.29, 0.717) is 17.4 Å². The lowest BCUT2D eigenvalue weighted by molar-refractivity contribution is 0.414. The third-order valence-corrected chi connectivity index (χ3v) is 3.65. The Hall–Kier alpha value is -2.04. The molecule has 0 bridgehead atoms. The molecule has 0 spiro atoms. The quantitative estimate of drug-likeness (QED) is 0.711. The number of hydrogen-bond donors (Lipinski definition) is 1. The van der Waals surface area contributed by atoms with Crippen LogP contribution in [0.2, 0.25) is 10.3 Å². The van der Waals surface area contributed by atoms with Crippen LogP contribution in [0.1, 0.15) is 5.56 Å². The number of fused-ring (bicyclic) bond motifs is 1. The summed E-state index contributed by atoms with van der Waals surface area (Å²) >= 11 is 12.0. The van der Waals surface area contributed by atoms with Crippen LogP contribution in [0.15, 0.2) is 42.5 Å². The maximum absolute atomic E-state index is 6.05. The Bertz CT molecular complexity index is 806. The van der Waals surface area contributed by atoms with Crippen LogP contribution in [0.5, 0.6) is 5.75 Å². The van der Waals surface area contributed by atoms with Crippen LogP contribution in [-0.2, 0) is 6.54 Å². The molecule has 1 heterocycles. The monoisotopic (exact) mass is 333 g/mol. The van der Waals surface area contributed by atoms with Gasteiger partial charge in [0.2, 0.25) is 5.28 Å². The summed E-state index contributed by atoms with van der Waals surface area (Å²) < 4.78 is 5.15. The van der Waals surface area contributed by atoms with Crippen molar-refractivity contribution in [1.82, 2.24) is 9.97 Å². The van der Waals surface area contributed by atoms with E-state index >= 15 is 0 Å². The Labute approximate surface area is 138 Å². The van der Waals surface area contributed by atoms with Gasteiger partial charge >= 0.3 is 0 Å². The molecular formula is C16H13Cl2N3O. The number of halogens is 2. The average molecular weight is 334 g/mol. The van der Waals surface area contributed by atoms with Gasteiger partial charge in [0.25, 0.3) is 0 Å². The molecule has 6 heteroatoms. The van der Waals surface area contributed by atoms with E-state index in [-0.39, 0.29) is 5.28 Å². The standard InChI is InChI=1S/C16H13Cl2N3O/c1-22-12-5-2-10(3-6-12)9-19-15-13-8-11(17)4-7-14(13)20-16(18)21-15/h2-8H,9H2,1H3,(H,19,20,21). The minimum absolute atomic E-state index is 0.201. The van der Waals surface area contributed by atoms with Gasteiger partial charge < -0.3 is 10.1 Å². The molecule has 0 aliphatic rings. The van der Waals surface area contributed by atoms with Crippen molar-refractivity contribution in [3.05, 3.63) is 58.3 Å². The van der Waals surface area contributed by atoms with Crippen molar-refractivity contribution in [1.29, 1.82) is 0 Å². The molecule has 22 heavy (non-hydrogen) atoms.